The Morgan fingerprint density at radius 2 is 2.31 bits per heavy atom. The average molecular weight is 198 g/mol. The second-order valence-corrected chi connectivity index (χ2v) is 2.31. The molecule has 0 saturated carbocycles. The lowest BCUT2D eigenvalue weighted by atomic mass is 10.3. The molecule has 76 valence electrons. The number of rotatable bonds is 2. The number of halogens is 3. The normalized spacial score (nSPS) is 23.4. The van der Waals surface area contributed by atoms with Gasteiger partial charge in [-0.2, -0.15) is 13.2 Å². The van der Waals surface area contributed by atoms with Gasteiger partial charge in [-0.3, -0.25) is 0 Å². The standard InChI is InChI=1S/C7H9F3O3/c1-2-11-6-3-5(7(8,9)10)12-4-13-6/h3,5H,2,4H2,1H3. The van der Waals surface area contributed by atoms with Gasteiger partial charge in [0.2, 0.25) is 0 Å². The summed E-state index contributed by atoms with van der Waals surface area (Å²) in [4.78, 5) is 0. The molecule has 0 aliphatic carbocycles. The summed E-state index contributed by atoms with van der Waals surface area (Å²) >= 11 is 0. The maximum Gasteiger partial charge on any atom is 0.418 e. The van der Waals surface area contributed by atoms with Crippen molar-refractivity contribution in [1.82, 2.24) is 0 Å². The third-order valence-corrected chi connectivity index (χ3v) is 1.35. The molecular weight excluding hydrogens is 189 g/mol. The second kappa shape index (κ2) is 3.87. The predicted molar refractivity (Wildman–Crippen MR) is 36.6 cm³/mol. The van der Waals surface area contributed by atoms with E-state index in [1.54, 1.807) is 6.92 Å². The highest BCUT2D eigenvalue weighted by atomic mass is 19.4. The topological polar surface area (TPSA) is 27.7 Å². The SMILES string of the molecule is CCOC1=CC(C(F)(F)F)OCO1. The molecule has 0 amide bonds. The fourth-order valence-corrected chi connectivity index (χ4v) is 0.806. The fraction of sp³-hybridized carbons (Fsp3) is 0.714. The Hall–Kier alpha value is -0.910. The Morgan fingerprint density at radius 3 is 2.85 bits per heavy atom. The van der Waals surface area contributed by atoms with Crippen LogP contribution in [0.25, 0.3) is 0 Å². The summed E-state index contributed by atoms with van der Waals surface area (Å²) in [7, 11) is 0. The zero-order valence-corrected chi connectivity index (χ0v) is 6.93. The van der Waals surface area contributed by atoms with Crippen LogP contribution in [-0.4, -0.2) is 25.7 Å². The summed E-state index contributed by atoms with van der Waals surface area (Å²) in [5.74, 6) is -0.129. The highest BCUT2D eigenvalue weighted by molar-refractivity contribution is 4.97. The van der Waals surface area contributed by atoms with Gasteiger partial charge in [0.25, 0.3) is 5.95 Å². The lowest BCUT2D eigenvalue weighted by Gasteiger charge is -2.23. The highest BCUT2D eigenvalue weighted by Crippen LogP contribution is 2.27. The van der Waals surface area contributed by atoms with Crippen molar-refractivity contribution in [2.45, 2.75) is 19.2 Å². The maximum absolute atomic E-state index is 12.1. The largest absolute Gasteiger partial charge is 0.466 e. The van der Waals surface area contributed by atoms with Crippen molar-refractivity contribution in [1.29, 1.82) is 0 Å². The molecule has 0 bridgehead atoms. The van der Waals surface area contributed by atoms with Crippen LogP contribution in [0.5, 0.6) is 0 Å². The Kier molecular flexibility index (Phi) is 3.02. The summed E-state index contributed by atoms with van der Waals surface area (Å²) in [5.41, 5.74) is 0. The Bertz CT molecular complexity index is 200. The first-order chi connectivity index (χ1) is 6.04. The first-order valence-electron chi connectivity index (χ1n) is 3.69. The van der Waals surface area contributed by atoms with Crippen LogP contribution in [0.2, 0.25) is 0 Å². The summed E-state index contributed by atoms with van der Waals surface area (Å²) in [6, 6.07) is 0. The molecule has 13 heavy (non-hydrogen) atoms. The minimum Gasteiger partial charge on any atom is -0.466 e. The molecule has 0 radical (unpaired) electrons. The fourth-order valence-electron chi connectivity index (χ4n) is 0.806. The number of ether oxygens (including phenoxy) is 3. The van der Waals surface area contributed by atoms with Gasteiger partial charge in [-0.05, 0) is 6.92 Å². The molecule has 1 unspecified atom stereocenters. The minimum absolute atomic E-state index is 0.129. The molecule has 3 nitrogen and oxygen atoms in total. The lowest BCUT2D eigenvalue weighted by molar-refractivity contribution is -0.240. The third kappa shape index (κ3) is 2.80. The van der Waals surface area contributed by atoms with Crippen LogP contribution in [0.15, 0.2) is 12.0 Å². The quantitative estimate of drug-likeness (QED) is 0.677. The van der Waals surface area contributed by atoms with Crippen molar-refractivity contribution in [3.8, 4) is 0 Å². The van der Waals surface area contributed by atoms with Crippen LogP contribution in [0, 0.1) is 0 Å². The molecule has 1 aliphatic heterocycles. The maximum atomic E-state index is 12.1. The van der Waals surface area contributed by atoms with Gasteiger partial charge in [-0.15, -0.1) is 0 Å². The van der Waals surface area contributed by atoms with Crippen LogP contribution in [0.1, 0.15) is 6.92 Å². The summed E-state index contributed by atoms with van der Waals surface area (Å²) < 4.78 is 50.0. The monoisotopic (exact) mass is 198 g/mol. The van der Waals surface area contributed by atoms with Crippen molar-refractivity contribution in [3.05, 3.63) is 12.0 Å². The van der Waals surface area contributed by atoms with Gasteiger partial charge in [0.1, 0.15) is 0 Å². The van der Waals surface area contributed by atoms with Crippen LogP contribution in [0.3, 0.4) is 0 Å². The molecule has 1 rings (SSSR count). The van der Waals surface area contributed by atoms with Crippen LogP contribution >= 0.6 is 0 Å². The van der Waals surface area contributed by atoms with E-state index in [0.717, 1.165) is 6.08 Å². The zero-order chi connectivity index (χ0) is 9.90. The molecule has 1 aliphatic rings. The van der Waals surface area contributed by atoms with Gasteiger partial charge in [-0.25, -0.2) is 0 Å². The minimum atomic E-state index is -4.41. The van der Waals surface area contributed by atoms with E-state index in [0.29, 0.717) is 0 Å². The third-order valence-electron chi connectivity index (χ3n) is 1.35. The van der Waals surface area contributed by atoms with E-state index < -0.39 is 19.1 Å². The van der Waals surface area contributed by atoms with E-state index in [2.05, 4.69) is 9.47 Å². The van der Waals surface area contributed by atoms with Crippen molar-refractivity contribution < 1.29 is 27.4 Å². The molecule has 6 heteroatoms. The Morgan fingerprint density at radius 1 is 1.62 bits per heavy atom. The summed E-state index contributed by atoms with van der Waals surface area (Å²) in [5, 5.41) is 0. The molecular formula is C7H9F3O3. The van der Waals surface area contributed by atoms with Gasteiger partial charge in [-0.1, -0.05) is 0 Å². The van der Waals surface area contributed by atoms with Crippen LogP contribution < -0.4 is 0 Å². The molecule has 0 spiro atoms. The van der Waals surface area contributed by atoms with E-state index >= 15 is 0 Å². The van der Waals surface area contributed by atoms with Crippen molar-refractivity contribution in [2.75, 3.05) is 13.4 Å². The van der Waals surface area contributed by atoms with Gasteiger partial charge < -0.3 is 14.2 Å². The van der Waals surface area contributed by atoms with Gasteiger partial charge in [0.05, 0.1) is 6.61 Å². The van der Waals surface area contributed by atoms with Crippen LogP contribution in [0.4, 0.5) is 13.2 Å². The number of alkyl halides is 3. The molecule has 0 N–H and O–H groups in total. The van der Waals surface area contributed by atoms with E-state index in [1.165, 1.54) is 0 Å². The van der Waals surface area contributed by atoms with E-state index in [-0.39, 0.29) is 12.6 Å². The smallest absolute Gasteiger partial charge is 0.418 e. The predicted octanol–water partition coefficient (Wildman–Crippen LogP) is 1.80. The second-order valence-electron chi connectivity index (χ2n) is 2.31. The first-order valence-corrected chi connectivity index (χ1v) is 3.69. The molecule has 0 saturated heterocycles. The zero-order valence-electron chi connectivity index (χ0n) is 6.93. The summed E-state index contributed by atoms with van der Waals surface area (Å²) in [6.07, 6.45) is -5.57. The Balaban J connectivity index is 2.63. The molecule has 0 aromatic heterocycles. The summed E-state index contributed by atoms with van der Waals surface area (Å²) in [6.45, 7) is 1.48. The van der Waals surface area contributed by atoms with Crippen molar-refractivity contribution in [2.24, 2.45) is 0 Å². The molecule has 0 fully saturated rings. The van der Waals surface area contributed by atoms with Gasteiger partial charge >= 0.3 is 6.18 Å². The van der Waals surface area contributed by atoms with E-state index in [1.807, 2.05) is 0 Å². The van der Waals surface area contributed by atoms with Crippen LogP contribution in [-0.2, 0) is 14.2 Å². The van der Waals surface area contributed by atoms with Gasteiger partial charge in [0, 0.05) is 6.08 Å². The molecule has 1 heterocycles. The van der Waals surface area contributed by atoms with Crippen molar-refractivity contribution in [3.63, 3.8) is 0 Å². The van der Waals surface area contributed by atoms with Gasteiger partial charge in [0.15, 0.2) is 12.9 Å². The first kappa shape index (κ1) is 10.2. The average Bonchev–Trinajstić information content (AvgIpc) is 2.04. The highest BCUT2D eigenvalue weighted by Gasteiger charge is 2.41. The lowest BCUT2D eigenvalue weighted by Crippen LogP contribution is -2.34. The number of hydrogen-bond acceptors (Lipinski definition) is 3. The molecule has 0 aromatic carbocycles. The molecule has 0 aromatic rings. The Labute approximate surface area is 73.1 Å². The molecule has 1 atom stereocenters. The number of hydrogen-bond donors (Lipinski definition) is 0. The van der Waals surface area contributed by atoms with Crippen molar-refractivity contribution >= 4 is 0 Å². The van der Waals surface area contributed by atoms with E-state index in [4.69, 9.17) is 4.74 Å². The van der Waals surface area contributed by atoms with E-state index in [9.17, 15) is 13.2 Å².